The minimum atomic E-state index is 0.207. The zero-order valence-electron chi connectivity index (χ0n) is 19.3. The number of amides is 1. The van der Waals surface area contributed by atoms with Gasteiger partial charge in [-0.2, -0.15) is 0 Å². The fourth-order valence-corrected chi connectivity index (χ4v) is 4.35. The summed E-state index contributed by atoms with van der Waals surface area (Å²) in [7, 11) is 0. The van der Waals surface area contributed by atoms with Crippen LogP contribution in [0.25, 0.3) is 0 Å². The lowest BCUT2D eigenvalue weighted by Gasteiger charge is -2.26. The monoisotopic (exact) mass is 415 g/mol. The van der Waals surface area contributed by atoms with Crippen molar-refractivity contribution in [1.29, 1.82) is 0 Å². The Balaban J connectivity index is 1.52. The molecule has 3 rings (SSSR count). The van der Waals surface area contributed by atoms with Gasteiger partial charge in [-0.1, -0.05) is 107 Å². The summed E-state index contributed by atoms with van der Waals surface area (Å²) in [5.74, 6) is 7.61. The number of carbonyl (C=O) groups is 1. The van der Waals surface area contributed by atoms with Crippen LogP contribution in [0.2, 0.25) is 0 Å². The van der Waals surface area contributed by atoms with Gasteiger partial charge < -0.3 is 4.90 Å². The summed E-state index contributed by atoms with van der Waals surface area (Å²) in [4.78, 5) is 15.1. The first kappa shape index (κ1) is 23.1. The summed E-state index contributed by atoms with van der Waals surface area (Å²) >= 11 is 0. The van der Waals surface area contributed by atoms with Crippen LogP contribution in [0, 0.1) is 17.8 Å². The van der Waals surface area contributed by atoms with E-state index in [1.807, 2.05) is 47.4 Å². The first-order valence-corrected chi connectivity index (χ1v) is 12.2. The summed E-state index contributed by atoms with van der Waals surface area (Å²) in [5.41, 5.74) is 4.01. The van der Waals surface area contributed by atoms with Crippen molar-refractivity contribution in [3.8, 4) is 11.8 Å². The molecule has 0 fully saturated rings. The number of rotatable bonds is 11. The third-order valence-corrected chi connectivity index (χ3v) is 6.31. The van der Waals surface area contributed by atoms with Gasteiger partial charge in [0.1, 0.15) is 0 Å². The van der Waals surface area contributed by atoms with E-state index in [1.165, 1.54) is 44.9 Å². The Labute approximate surface area is 189 Å². The summed E-state index contributed by atoms with van der Waals surface area (Å²) in [6.45, 7) is 5.25. The molecule has 0 radical (unpaired) electrons. The fourth-order valence-electron chi connectivity index (χ4n) is 4.35. The van der Waals surface area contributed by atoms with Gasteiger partial charge in [-0.3, -0.25) is 4.79 Å². The molecule has 0 unspecified atom stereocenters. The van der Waals surface area contributed by atoms with Gasteiger partial charge in [-0.15, -0.1) is 0 Å². The molecule has 0 saturated carbocycles. The Morgan fingerprint density at radius 3 is 2.32 bits per heavy atom. The van der Waals surface area contributed by atoms with Crippen LogP contribution in [0.15, 0.2) is 48.5 Å². The van der Waals surface area contributed by atoms with Crippen molar-refractivity contribution < 1.29 is 4.79 Å². The number of benzene rings is 2. The Morgan fingerprint density at radius 2 is 1.52 bits per heavy atom. The van der Waals surface area contributed by atoms with Gasteiger partial charge >= 0.3 is 0 Å². The van der Waals surface area contributed by atoms with Crippen LogP contribution < -0.4 is 4.90 Å². The maximum atomic E-state index is 13.2. The standard InChI is InChI=1S/C29H37NO/c1-3-4-7-14-24(2)15-8-5-6-9-20-29(31)30-23-27-18-11-10-16-25(27)21-22-26-17-12-13-19-28(26)30/h10-13,16-19,24H,3-9,14-15,20,23H2,1-2H3/t24-/m0/s1. The van der Waals surface area contributed by atoms with Crippen molar-refractivity contribution >= 4 is 11.6 Å². The zero-order chi connectivity index (χ0) is 21.9. The second-order valence-corrected chi connectivity index (χ2v) is 8.96. The van der Waals surface area contributed by atoms with Gasteiger partial charge in [-0.25, -0.2) is 0 Å². The van der Waals surface area contributed by atoms with Crippen LogP contribution in [0.4, 0.5) is 5.69 Å². The molecule has 31 heavy (non-hydrogen) atoms. The lowest BCUT2D eigenvalue weighted by molar-refractivity contribution is -0.118. The van der Waals surface area contributed by atoms with Gasteiger partial charge in [0.15, 0.2) is 0 Å². The Bertz CT molecular complexity index is 904. The predicted octanol–water partition coefficient (Wildman–Crippen LogP) is 7.49. The fraction of sp³-hybridized carbons (Fsp3) is 0.483. The number of para-hydroxylation sites is 1. The Kier molecular flexibility index (Phi) is 9.22. The molecular weight excluding hydrogens is 378 g/mol. The minimum Gasteiger partial charge on any atom is -0.307 e. The molecule has 1 heterocycles. The van der Waals surface area contributed by atoms with Crippen molar-refractivity contribution in [2.45, 2.75) is 84.6 Å². The molecule has 164 valence electrons. The van der Waals surface area contributed by atoms with E-state index in [-0.39, 0.29) is 5.91 Å². The van der Waals surface area contributed by atoms with Crippen LogP contribution in [-0.4, -0.2) is 5.91 Å². The quantitative estimate of drug-likeness (QED) is 0.275. The number of nitrogens with zero attached hydrogens (tertiary/aromatic N) is 1. The summed E-state index contributed by atoms with van der Waals surface area (Å²) in [6, 6.07) is 16.2. The van der Waals surface area contributed by atoms with Gasteiger partial charge in [-0.05, 0) is 36.1 Å². The molecule has 2 aromatic carbocycles. The van der Waals surface area contributed by atoms with E-state index in [4.69, 9.17) is 0 Å². The van der Waals surface area contributed by atoms with Crippen LogP contribution in [0.1, 0.15) is 94.7 Å². The van der Waals surface area contributed by atoms with E-state index in [0.29, 0.717) is 13.0 Å². The molecule has 1 atom stereocenters. The largest absolute Gasteiger partial charge is 0.307 e. The van der Waals surface area contributed by atoms with Crippen molar-refractivity contribution in [2.75, 3.05) is 4.90 Å². The van der Waals surface area contributed by atoms with E-state index < -0.39 is 0 Å². The maximum Gasteiger partial charge on any atom is 0.227 e. The zero-order valence-corrected chi connectivity index (χ0v) is 19.3. The smallest absolute Gasteiger partial charge is 0.227 e. The highest BCUT2D eigenvalue weighted by molar-refractivity contribution is 5.95. The normalized spacial score (nSPS) is 13.3. The molecule has 2 heteroatoms. The molecular formula is C29H37NO. The van der Waals surface area contributed by atoms with E-state index in [1.54, 1.807) is 0 Å². The van der Waals surface area contributed by atoms with Gasteiger partial charge in [0.2, 0.25) is 5.91 Å². The van der Waals surface area contributed by atoms with Crippen molar-refractivity contribution in [2.24, 2.45) is 5.92 Å². The molecule has 0 bridgehead atoms. The molecule has 2 nitrogen and oxygen atoms in total. The van der Waals surface area contributed by atoms with Crippen LogP contribution >= 0.6 is 0 Å². The van der Waals surface area contributed by atoms with E-state index >= 15 is 0 Å². The van der Waals surface area contributed by atoms with Gasteiger partial charge in [0.25, 0.3) is 0 Å². The van der Waals surface area contributed by atoms with Crippen molar-refractivity contribution in [3.63, 3.8) is 0 Å². The van der Waals surface area contributed by atoms with Gasteiger partial charge in [0, 0.05) is 17.5 Å². The van der Waals surface area contributed by atoms with Gasteiger partial charge in [0.05, 0.1) is 12.2 Å². The molecule has 0 saturated heterocycles. The topological polar surface area (TPSA) is 20.3 Å². The predicted molar refractivity (Wildman–Crippen MR) is 131 cm³/mol. The maximum absolute atomic E-state index is 13.2. The number of hydrogen-bond acceptors (Lipinski definition) is 1. The highest BCUT2D eigenvalue weighted by Crippen LogP contribution is 2.26. The van der Waals surface area contributed by atoms with E-state index in [0.717, 1.165) is 41.1 Å². The number of unbranched alkanes of at least 4 members (excludes halogenated alkanes) is 5. The van der Waals surface area contributed by atoms with Crippen molar-refractivity contribution in [1.82, 2.24) is 0 Å². The second kappa shape index (κ2) is 12.4. The van der Waals surface area contributed by atoms with E-state index in [9.17, 15) is 4.79 Å². The first-order chi connectivity index (χ1) is 15.2. The molecule has 2 aromatic rings. The van der Waals surface area contributed by atoms with Crippen LogP contribution in [0.3, 0.4) is 0 Å². The number of carbonyl (C=O) groups excluding carboxylic acids is 1. The Morgan fingerprint density at radius 1 is 0.871 bits per heavy atom. The highest BCUT2D eigenvalue weighted by atomic mass is 16.2. The first-order valence-electron chi connectivity index (χ1n) is 12.2. The summed E-state index contributed by atoms with van der Waals surface area (Å²) < 4.78 is 0. The number of hydrogen-bond donors (Lipinski definition) is 0. The van der Waals surface area contributed by atoms with Crippen LogP contribution in [0.5, 0.6) is 0 Å². The number of anilines is 1. The van der Waals surface area contributed by atoms with E-state index in [2.05, 4.69) is 31.8 Å². The SMILES string of the molecule is CCCCC[C@H](C)CCCCCCC(=O)N1Cc2ccccc2C#Cc2ccccc21. The second-order valence-electron chi connectivity index (χ2n) is 8.96. The third kappa shape index (κ3) is 7.00. The van der Waals surface area contributed by atoms with Crippen LogP contribution in [-0.2, 0) is 11.3 Å². The molecule has 1 aliphatic rings. The average molecular weight is 416 g/mol. The lowest BCUT2D eigenvalue weighted by atomic mass is 9.96. The molecule has 0 aliphatic carbocycles. The lowest BCUT2D eigenvalue weighted by Crippen LogP contribution is -2.31. The van der Waals surface area contributed by atoms with Crippen molar-refractivity contribution in [3.05, 3.63) is 65.2 Å². The minimum absolute atomic E-state index is 0.207. The Hall–Kier alpha value is -2.53. The molecule has 1 aliphatic heterocycles. The third-order valence-electron chi connectivity index (χ3n) is 6.31. The summed E-state index contributed by atoms with van der Waals surface area (Å²) in [5, 5.41) is 0. The number of fused-ring (bicyclic) bond motifs is 2. The highest BCUT2D eigenvalue weighted by Gasteiger charge is 2.20. The average Bonchev–Trinajstić information content (AvgIpc) is 2.77. The summed E-state index contributed by atoms with van der Waals surface area (Å²) in [6.07, 6.45) is 12.0. The molecule has 1 amide bonds. The molecule has 0 spiro atoms. The molecule has 0 N–H and O–H groups in total. The molecule has 0 aromatic heterocycles.